The molecule has 2 N–H and O–H groups in total. The molecule has 84 valence electrons. The third-order valence-corrected chi connectivity index (χ3v) is 2.39. The van der Waals surface area contributed by atoms with E-state index in [1.54, 1.807) is 4.80 Å². The van der Waals surface area contributed by atoms with E-state index >= 15 is 0 Å². The molecule has 0 unspecified atom stereocenters. The van der Waals surface area contributed by atoms with Crippen molar-refractivity contribution < 1.29 is 0 Å². The molecule has 0 amide bonds. The summed E-state index contributed by atoms with van der Waals surface area (Å²) in [6.45, 7) is 2.68. The maximum Gasteiger partial charge on any atom is 0.175 e. The van der Waals surface area contributed by atoms with Gasteiger partial charge in [0.25, 0.3) is 0 Å². The average Bonchev–Trinajstić information content (AvgIpc) is 2.75. The Kier molecular flexibility index (Phi) is 3.26. The fourth-order valence-corrected chi connectivity index (χ4v) is 1.49. The number of aryl methyl sites for hydroxylation is 2. The summed E-state index contributed by atoms with van der Waals surface area (Å²) in [4.78, 5) is 1.57. The molecule has 0 bridgehead atoms. The molecule has 1 aromatic heterocycles. The van der Waals surface area contributed by atoms with Gasteiger partial charge in [-0.2, -0.15) is 0 Å². The first-order chi connectivity index (χ1) is 7.81. The van der Waals surface area contributed by atoms with Gasteiger partial charge in [-0.05, 0) is 36.7 Å². The van der Waals surface area contributed by atoms with Gasteiger partial charge in [-0.25, -0.2) is 0 Å². The van der Waals surface area contributed by atoms with Crippen molar-refractivity contribution in [2.24, 2.45) is 5.73 Å². The first-order valence-corrected chi connectivity index (χ1v) is 5.36. The molecule has 2 rings (SSSR count). The van der Waals surface area contributed by atoms with Crippen LogP contribution < -0.4 is 5.73 Å². The molecular formula is C11H15N5. The largest absolute Gasteiger partial charge is 0.330 e. The Hall–Kier alpha value is -1.75. The summed E-state index contributed by atoms with van der Waals surface area (Å²) in [5.74, 6) is 0.744. The highest BCUT2D eigenvalue weighted by Crippen LogP contribution is 2.10. The number of nitrogens with two attached hydrogens (primary N) is 1. The quantitative estimate of drug-likeness (QED) is 0.824. The summed E-state index contributed by atoms with van der Waals surface area (Å²) in [5, 5.41) is 12.4. The Labute approximate surface area is 94.3 Å². The van der Waals surface area contributed by atoms with Gasteiger partial charge in [0.15, 0.2) is 5.82 Å². The van der Waals surface area contributed by atoms with Crippen molar-refractivity contribution in [1.29, 1.82) is 0 Å². The monoisotopic (exact) mass is 217 g/mol. The number of hydrogen-bond acceptors (Lipinski definition) is 4. The minimum atomic E-state index is 0.652. The van der Waals surface area contributed by atoms with Crippen LogP contribution >= 0.6 is 0 Å². The van der Waals surface area contributed by atoms with Crippen molar-refractivity contribution >= 4 is 0 Å². The smallest absolute Gasteiger partial charge is 0.175 e. The summed E-state index contributed by atoms with van der Waals surface area (Å²) in [6.07, 6.45) is 1.67. The fraction of sp³-hybridized carbons (Fsp3) is 0.364. The number of hydrogen-bond donors (Lipinski definition) is 1. The van der Waals surface area contributed by atoms with Gasteiger partial charge in [0.2, 0.25) is 0 Å². The molecule has 0 aliphatic carbocycles. The van der Waals surface area contributed by atoms with E-state index in [1.807, 2.05) is 31.2 Å². The van der Waals surface area contributed by atoms with Crippen molar-refractivity contribution in [2.45, 2.75) is 19.8 Å². The number of para-hydroxylation sites is 1. The number of aromatic nitrogens is 4. The van der Waals surface area contributed by atoms with E-state index in [1.165, 1.54) is 0 Å². The van der Waals surface area contributed by atoms with E-state index in [-0.39, 0.29) is 0 Å². The Bertz CT molecular complexity index is 463. The molecule has 0 fully saturated rings. The lowest BCUT2D eigenvalue weighted by molar-refractivity contribution is 0.711. The second-order valence-electron chi connectivity index (χ2n) is 3.67. The number of nitrogens with zero attached hydrogens (tertiary/aromatic N) is 4. The first-order valence-electron chi connectivity index (χ1n) is 5.36. The minimum absolute atomic E-state index is 0.652. The molecule has 0 spiro atoms. The van der Waals surface area contributed by atoms with Gasteiger partial charge in [-0.15, -0.1) is 15.0 Å². The predicted molar refractivity (Wildman–Crippen MR) is 61.3 cm³/mol. The summed E-state index contributed by atoms with van der Waals surface area (Å²) in [6, 6.07) is 7.96. The van der Waals surface area contributed by atoms with Crippen LogP contribution in [0.3, 0.4) is 0 Å². The molecule has 1 aromatic carbocycles. The zero-order chi connectivity index (χ0) is 11.4. The molecule has 2 aromatic rings. The zero-order valence-corrected chi connectivity index (χ0v) is 9.30. The van der Waals surface area contributed by atoms with Crippen LogP contribution in [-0.4, -0.2) is 26.8 Å². The molecule has 0 saturated carbocycles. The Morgan fingerprint density at radius 3 is 2.88 bits per heavy atom. The third-order valence-electron chi connectivity index (χ3n) is 2.39. The highest BCUT2D eigenvalue weighted by molar-refractivity contribution is 5.37. The number of benzene rings is 1. The van der Waals surface area contributed by atoms with Crippen molar-refractivity contribution in [3.63, 3.8) is 0 Å². The van der Waals surface area contributed by atoms with Gasteiger partial charge in [-0.1, -0.05) is 18.2 Å². The normalized spacial score (nSPS) is 10.6. The van der Waals surface area contributed by atoms with Gasteiger partial charge in [0.1, 0.15) is 0 Å². The van der Waals surface area contributed by atoms with E-state index in [4.69, 9.17) is 5.73 Å². The van der Waals surface area contributed by atoms with Crippen LogP contribution in [0.15, 0.2) is 24.3 Å². The number of tetrazole rings is 1. The van der Waals surface area contributed by atoms with Crippen molar-refractivity contribution in [3.05, 3.63) is 35.7 Å². The van der Waals surface area contributed by atoms with E-state index < -0.39 is 0 Å². The summed E-state index contributed by atoms with van der Waals surface area (Å²) in [7, 11) is 0. The first kappa shape index (κ1) is 10.8. The average molecular weight is 217 g/mol. The van der Waals surface area contributed by atoms with Crippen LogP contribution in [0, 0.1) is 6.92 Å². The second kappa shape index (κ2) is 4.85. The molecule has 0 atom stereocenters. The summed E-state index contributed by atoms with van der Waals surface area (Å²) < 4.78 is 0. The lowest BCUT2D eigenvalue weighted by atomic mass is 10.2. The highest BCUT2D eigenvalue weighted by atomic mass is 15.6. The lowest BCUT2D eigenvalue weighted by Crippen LogP contribution is -2.03. The second-order valence-corrected chi connectivity index (χ2v) is 3.67. The van der Waals surface area contributed by atoms with Crippen LogP contribution in [0.2, 0.25) is 0 Å². The van der Waals surface area contributed by atoms with E-state index in [0.717, 1.165) is 29.9 Å². The van der Waals surface area contributed by atoms with Crippen molar-refractivity contribution in [3.8, 4) is 5.69 Å². The lowest BCUT2D eigenvalue weighted by Gasteiger charge is -2.01. The molecular weight excluding hydrogens is 202 g/mol. The van der Waals surface area contributed by atoms with Gasteiger partial charge >= 0.3 is 0 Å². The molecule has 0 aliphatic heterocycles. The van der Waals surface area contributed by atoms with Gasteiger partial charge in [0.05, 0.1) is 5.69 Å². The van der Waals surface area contributed by atoms with Gasteiger partial charge in [0, 0.05) is 6.42 Å². The van der Waals surface area contributed by atoms with E-state index in [2.05, 4.69) is 15.4 Å². The van der Waals surface area contributed by atoms with Crippen LogP contribution in [0.25, 0.3) is 5.69 Å². The van der Waals surface area contributed by atoms with Gasteiger partial charge < -0.3 is 5.73 Å². The minimum Gasteiger partial charge on any atom is -0.330 e. The summed E-state index contributed by atoms with van der Waals surface area (Å²) in [5.41, 5.74) is 7.53. The number of rotatable bonds is 4. The Morgan fingerprint density at radius 2 is 2.12 bits per heavy atom. The van der Waals surface area contributed by atoms with E-state index in [9.17, 15) is 0 Å². The maximum atomic E-state index is 5.44. The van der Waals surface area contributed by atoms with Crippen LogP contribution in [0.1, 0.15) is 17.8 Å². The fourth-order valence-electron chi connectivity index (χ4n) is 1.49. The topological polar surface area (TPSA) is 69.6 Å². The molecule has 5 nitrogen and oxygen atoms in total. The standard InChI is InChI=1S/C11H15N5/c1-9-5-2-3-6-10(9)16-14-11(13-15-16)7-4-8-12/h2-3,5-6H,4,7-8,12H2,1H3. The Morgan fingerprint density at radius 1 is 1.31 bits per heavy atom. The highest BCUT2D eigenvalue weighted by Gasteiger charge is 2.05. The third kappa shape index (κ3) is 2.25. The van der Waals surface area contributed by atoms with Crippen LogP contribution in [0.5, 0.6) is 0 Å². The predicted octanol–water partition coefficient (Wildman–Crippen LogP) is 0.862. The van der Waals surface area contributed by atoms with Crippen molar-refractivity contribution in [2.75, 3.05) is 6.54 Å². The van der Waals surface area contributed by atoms with Gasteiger partial charge in [-0.3, -0.25) is 0 Å². The van der Waals surface area contributed by atoms with Crippen LogP contribution in [-0.2, 0) is 6.42 Å². The zero-order valence-electron chi connectivity index (χ0n) is 9.30. The maximum absolute atomic E-state index is 5.44. The molecule has 1 heterocycles. The summed E-state index contributed by atoms with van der Waals surface area (Å²) >= 11 is 0. The van der Waals surface area contributed by atoms with Crippen LogP contribution in [0.4, 0.5) is 0 Å². The SMILES string of the molecule is Cc1ccccc1-n1nnc(CCCN)n1. The molecule has 0 saturated heterocycles. The van der Waals surface area contributed by atoms with E-state index in [0.29, 0.717) is 6.54 Å². The molecule has 0 radical (unpaired) electrons. The Balaban J connectivity index is 2.22. The molecule has 16 heavy (non-hydrogen) atoms. The van der Waals surface area contributed by atoms with Crippen molar-refractivity contribution in [1.82, 2.24) is 20.2 Å². The molecule has 5 heteroatoms. The molecule has 0 aliphatic rings.